The fourth-order valence-electron chi connectivity index (χ4n) is 3.39. The van der Waals surface area contributed by atoms with E-state index in [1.807, 2.05) is 7.05 Å². The molecule has 33 heavy (non-hydrogen) atoms. The average Bonchev–Trinajstić information content (AvgIpc) is 2.80. The summed E-state index contributed by atoms with van der Waals surface area (Å²) < 4.78 is 28.2. The van der Waals surface area contributed by atoms with Gasteiger partial charge in [0.15, 0.2) is 11.5 Å². The number of sulfonamides is 1. The summed E-state index contributed by atoms with van der Waals surface area (Å²) >= 11 is 0. The Balaban J connectivity index is 0.00000306. The number of nitrogens with one attached hydrogen (secondary N) is 1. The summed E-state index contributed by atoms with van der Waals surface area (Å²) in [6.07, 6.45) is 4.44. The van der Waals surface area contributed by atoms with Gasteiger partial charge in [0.05, 0.1) is 28.7 Å². The van der Waals surface area contributed by atoms with Crippen molar-refractivity contribution in [2.75, 3.05) is 44.3 Å². The molecular weight excluding hydrogens is 466 g/mol. The van der Waals surface area contributed by atoms with Crippen molar-refractivity contribution < 1.29 is 13.2 Å². The topological polar surface area (TPSA) is 134 Å². The number of nitrogens with two attached hydrogens (primary N) is 1. The zero-order valence-electron chi connectivity index (χ0n) is 17.9. The Labute approximate surface area is 198 Å². The SMILES string of the molecule is CN1CCN(S(=O)(=O)c2ccccc2-c2cnc(N)c(C(=O)Nc3cccnc3)n2)CC1.Cl. The Kier molecular flexibility index (Phi) is 7.59. The number of halogens is 1. The molecule has 10 nitrogen and oxygen atoms in total. The summed E-state index contributed by atoms with van der Waals surface area (Å²) in [5.74, 6) is -0.626. The van der Waals surface area contributed by atoms with E-state index in [1.54, 1.807) is 36.5 Å². The van der Waals surface area contributed by atoms with Crippen molar-refractivity contribution >= 4 is 39.8 Å². The van der Waals surface area contributed by atoms with Gasteiger partial charge in [-0.25, -0.2) is 18.4 Å². The summed E-state index contributed by atoms with van der Waals surface area (Å²) in [5.41, 5.74) is 6.87. The monoisotopic (exact) mass is 489 g/mol. The Morgan fingerprint density at radius 1 is 1.06 bits per heavy atom. The maximum absolute atomic E-state index is 13.4. The summed E-state index contributed by atoms with van der Waals surface area (Å²) in [6.45, 7) is 2.11. The highest BCUT2D eigenvalue weighted by Gasteiger charge is 2.30. The lowest BCUT2D eigenvalue weighted by molar-refractivity contribution is 0.102. The van der Waals surface area contributed by atoms with Crippen LogP contribution >= 0.6 is 12.4 Å². The standard InChI is InChI=1S/C21H23N7O3S.ClH/c1-27-9-11-28(12-10-27)32(30,31)18-7-3-2-6-16(18)17-14-24-20(22)19(26-17)21(29)25-15-5-4-8-23-13-15;/h2-8,13-14H,9-12H2,1H3,(H2,22,24)(H,25,29);1H. The number of likely N-dealkylation sites (N-methyl/N-ethyl adjacent to an activating group) is 1. The molecule has 0 aliphatic carbocycles. The van der Waals surface area contributed by atoms with E-state index >= 15 is 0 Å². The lowest BCUT2D eigenvalue weighted by Crippen LogP contribution is -2.47. The van der Waals surface area contributed by atoms with Crippen molar-refractivity contribution in [1.29, 1.82) is 0 Å². The molecule has 3 heterocycles. The predicted octanol–water partition coefficient (Wildman–Crippen LogP) is 1.73. The third-order valence-electron chi connectivity index (χ3n) is 5.18. The van der Waals surface area contributed by atoms with Gasteiger partial charge in [-0.3, -0.25) is 9.78 Å². The van der Waals surface area contributed by atoms with Gasteiger partial charge in [0, 0.05) is 37.9 Å². The minimum absolute atomic E-state index is 0. The molecule has 3 aromatic rings. The third kappa shape index (κ3) is 5.28. The second-order valence-electron chi connectivity index (χ2n) is 7.39. The van der Waals surface area contributed by atoms with Gasteiger partial charge in [-0.15, -0.1) is 12.4 Å². The molecular formula is C21H24ClN7O3S. The molecule has 174 valence electrons. The van der Waals surface area contributed by atoms with Crippen LogP contribution < -0.4 is 11.1 Å². The first-order chi connectivity index (χ1) is 15.4. The molecule has 1 aromatic carbocycles. The predicted molar refractivity (Wildman–Crippen MR) is 128 cm³/mol. The van der Waals surface area contributed by atoms with Crippen LogP contribution in [0.2, 0.25) is 0 Å². The molecule has 1 aliphatic heterocycles. The molecule has 2 aromatic heterocycles. The number of amides is 1. The molecule has 1 aliphatic rings. The molecule has 1 fully saturated rings. The number of anilines is 2. The van der Waals surface area contributed by atoms with Gasteiger partial charge in [-0.1, -0.05) is 18.2 Å². The summed E-state index contributed by atoms with van der Waals surface area (Å²) in [7, 11) is -1.80. The van der Waals surface area contributed by atoms with Gasteiger partial charge in [0.25, 0.3) is 5.91 Å². The Hall–Kier alpha value is -3.12. The molecule has 0 atom stereocenters. The summed E-state index contributed by atoms with van der Waals surface area (Å²) in [6, 6.07) is 9.91. The largest absolute Gasteiger partial charge is 0.382 e. The summed E-state index contributed by atoms with van der Waals surface area (Å²) in [4.78, 5) is 27.3. The molecule has 4 rings (SSSR count). The van der Waals surface area contributed by atoms with Crippen molar-refractivity contribution in [3.05, 3.63) is 60.7 Å². The zero-order chi connectivity index (χ0) is 22.7. The number of carbonyl (C=O) groups excluding carboxylic acids is 1. The number of nitrogens with zero attached hydrogens (tertiary/aromatic N) is 5. The molecule has 0 unspecified atom stereocenters. The highest BCUT2D eigenvalue weighted by Crippen LogP contribution is 2.29. The number of nitrogen functional groups attached to an aromatic ring is 1. The molecule has 0 saturated carbocycles. The third-order valence-corrected chi connectivity index (χ3v) is 7.14. The Morgan fingerprint density at radius 2 is 1.79 bits per heavy atom. The second-order valence-corrected chi connectivity index (χ2v) is 9.29. The van der Waals surface area contributed by atoms with Crippen molar-refractivity contribution in [1.82, 2.24) is 24.2 Å². The van der Waals surface area contributed by atoms with E-state index in [1.165, 1.54) is 22.8 Å². The van der Waals surface area contributed by atoms with E-state index in [0.717, 1.165) is 0 Å². The Bertz CT molecular complexity index is 1230. The first-order valence-corrected chi connectivity index (χ1v) is 11.4. The fraction of sp³-hybridized carbons (Fsp3) is 0.238. The number of benzene rings is 1. The van der Waals surface area contributed by atoms with Crippen molar-refractivity contribution in [2.45, 2.75) is 4.90 Å². The highest BCUT2D eigenvalue weighted by molar-refractivity contribution is 7.89. The van der Waals surface area contributed by atoms with E-state index in [-0.39, 0.29) is 34.5 Å². The quantitative estimate of drug-likeness (QED) is 0.553. The normalized spacial score (nSPS) is 14.9. The Morgan fingerprint density at radius 3 is 2.48 bits per heavy atom. The number of hydrogen-bond acceptors (Lipinski definition) is 8. The van der Waals surface area contributed by atoms with Gasteiger partial charge in [-0.2, -0.15) is 4.31 Å². The van der Waals surface area contributed by atoms with Gasteiger partial charge >= 0.3 is 0 Å². The maximum Gasteiger partial charge on any atom is 0.278 e. The minimum atomic E-state index is -3.76. The van der Waals surface area contributed by atoms with Crippen LogP contribution in [0.5, 0.6) is 0 Å². The lowest BCUT2D eigenvalue weighted by Gasteiger charge is -2.32. The van der Waals surface area contributed by atoms with Crippen LogP contribution in [0.15, 0.2) is 59.9 Å². The fourth-order valence-corrected chi connectivity index (χ4v) is 5.02. The second kappa shape index (κ2) is 10.2. The van der Waals surface area contributed by atoms with E-state index in [4.69, 9.17) is 5.73 Å². The molecule has 0 radical (unpaired) electrons. The van der Waals surface area contributed by atoms with Gasteiger partial charge in [0.2, 0.25) is 10.0 Å². The molecule has 1 saturated heterocycles. The van der Waals surface area contributed by atoms with E-state index < -0.39 is 15.9 Å². The number of piperazine rings is 1. The minimum Gasteiger partial charge on any atom is -0.382 e. The van der Waals surface area contributed by atoms with E-state index in [0.29, 0.717) is 37.4 Å². The first kappa shape index (κ1) is 24.5. The van der Waals surface area contributed by atoms with Crippen LogP contribution in [0.1, 0.15) is 10.5 Å². The van der Waals surface area contributed by atoms with Crippen LogP contribution in [0.3, 0.4) is 0 Å². The molecule has 1 amide bonds. The van der Waals surface area contributed by atoms with E-state index in [9.17, 15) is 13.2 Å². The molecule has 0 bridgehead atoms. The van der Waals surface area contributed by atoms with Crippen molar-refractivity contribution in [3.63, 3.8) is 0 Å². The van der Waals surface area contributed by atoms with Gasteiger partial charge in [0.1, 0.15) is 0 Å². The summed E-state index contributed by atoms with van der Waals surface area (Å²) in [5, 5.41) is 2.66. The van der Waals surface area contributed by atoms with Gasteiger partial charge < -0.3 is 16.0 Å². The van der Waals surface area contributed by atoms with Gasteiger partial charge in [-0.05, 0) is 25.2 Å². The van der Waals surface area contributed by atoms with Crippen molar-refractivity contribution in [3.8, 4) is 11.3 Å². The van der Waals surface area contributed by atoms with Crippen LogP contribution in [0.4, 0.5) is 11.5 Å². The number of rotatable bonds is 5. The number of hydrogen-bond donors (Lipinski definition) is 2. The van der Waals surface area contributed by atoms with Crippen LogP contribution in [0.25, 0.3) is 11.3 Å². The molecule has 3 N–H and O–H groups in total. The average molecular weight is 490 g/mol. The molecule has 12 heteroatoms. The van der Waals surface area contributed by atoms with Crippen LogP contribution in [-0.2, 0) is 10.0 Å². The number of aromatic nitrogens is 3. The maximum atomic E-state index is 13.4. The van der Waals surface area contributed by atoms with Crippen LogP contribution in [0, 0.1) is 0 Å². The molecule has 0 spiro atoms. The highest BCUT2D eigenvalue weighted by atomic mass is 35.5. The number of pyridine rings is 1. The van der Waals surface area contributed by atoms with Crippen molar-refractivity contribution in [2.24, 2.45) is 0 Å². The zero-order valence-corrected chi connectivity index (χ0v) is 19.5. The smallest absolute Gasteiger partial charge is 0.278 e. The lowest BCUT2D eigenvalue weighted by atomic mass is 10.1. The number of carbonyl (C=O) groups is 1. The van der Waals surface area contributed by atoms with Crippen LogP contribution in [-0.4, -0.2) is 71.7 Å². The first-order valence-electron chi connectivity index (χ1n) is 9.98. The van der Waals surface area contributed by atoms with E-state index in [2.05, 4.69) is 25.2 Å².